The van der Waals surface area contributed by atoms with E-state index in [2.05, 4.69) is 10.1 Å². The number of rotatable bonds is 7. The fraction of sp³-hybridized carbons (Fsp3) is 0.269. The fourth-order valence-electron chi connectivity index (χ4n) is 4.96. The van der Waals surface area contributed by atoms with Crippen molar-refractivity contribution < 1.29 is 14.6 Å². The van der Waals surface area contributed by atoms with Gasteiger partial charge in [-0.1, -0.05) is 48.2 Å². The number of anilines is 1. The maximum atomic E-state index is 11.5. The van der Waals surface area contributed by atoms with Gasteiger partial charge in [-0.15, -0.1) is 0 Å². The summed E-state index contributed by atoms with van der Waals surface area (Å²) in [4.78, 5) is 15.7. The minimum Gasteiger partial charge on any atom is -0.481 e. The van der Waals surface area contributed by atoms with Crippen molar-refractivity contribution in [2.75, 3.05) is 5.73 Å². The predicted octanol–water partition coefficient (Wildman–Crippen LogP) is 6.75. The Hall–Kier alpha value is -3.29. The summed E-state index contributed by atoms with van der Waals surface area (Å²) < 4.78 is 7.82. The highest BCUT2D eigenvalue weighted by Gasteiger charge is 2.29. The summed E-state index contributed by atoms with van der Waals surface area (Å²) in [5.74, 6) is 1.04. The van der Waals surface area contributed by atoms with Crippen molar-refractivity contribution >= 4 is 40.5 Å². The molecule has 2 heterocycles. The van der Waals surface area contributed by atoms with Gasteiger partial charge in [0.2, 0.25) is 0 Å². The SMILES string of the molecule is Nc1ncnn2c(C3CCCC3)c(CCC(=O)O)c(-c3ccc(Oc4ccc(Cl)c(Cl)c4)cc3)c12. The van der Waals surface area contributed by atoms with Gasteiger partial charge in [-0.3, -0.25) is 4.79 Å². The Morgan fingerprint density at radius 1 is 1.09 bits per heavy atom. The summed E-state index contributed by atoms with van der Waals surface area (Å²) in [5, 5.41) is 14.9. The molecule has 0 saturated heterocycles. The molecule has 180 valence electrons. The van der Waals surface area contributed by atoms with Crippen molar-refractivity contribution in [3.05, 3.63) is 70.1 Å². The summed E-state index contributed by atoms with van der Waals surface area (Å²) in [6.07, 6.45) is 6.26. The predicted molar refractivity (Wildman–Crippen MR) is 137 cm³/mol. The molecule has 3 N–H and O–H groups in total. The molecule has 2 aromatic carbocycles. The van der Waals surface area contributed by atoms with Crippen molar-refractivity contribution in [3.8, 4) is 22.6 Å². The Morgan fingerprint density at radius 2 is 1.80 bits per heavy atom. The van der Waals surface area contributed by atoms with Gasteiger partial charge in [0.15, 0.2) is 5.82 Å². The smallest absolute Gasteiger partial charge is 0.303 e. The number of carboxylic acid groups (broad SMARTS) is 1. The van der Waals surface area contributed by atoms with Crippen LogP contribution in [0.15, 0.2) is 48.8 Å². The average Bonchev–Trinajstić information content (AvgIpc) is 3.47. The van der Waals surface area contributed by atoms with E-state index in [0.717, 1.165) is 48.1 Å². The van der Waals surface area contributed by atoms with E-state index >= 15 is 0 Å². The van der Waals surface area contributed by atoms with Crippen LogP contribution in [-0.4, -0.2) is 25.7 Å². The lowest BCUT2D eigenvalue weighted by Crippen LogP contribution is -2.07. The van der Waals surface area contributed by atoms with E-state index in [9.17, 15) is 9.90 Å². The summed E-state index contributed by atoms with van der Waals surface area (Å²) in [6, 6.07) is 12.7. The summed E-state index contributed by atoms with van der Waals surface area (Å²) in [5.41, 5.74) is 10.9. The van der Waals surface area contributed by atoms with Gasteiger partial charge in [-0.2, -0.15) is 5.10 Å². The van der Waals surface area contributed by atoms with Crippen molar-refractivity contribution in [1.82, 2.24) is 14.6 Å². The number of benzene rings is 2. The number of aromatic nitrogens is 3. The van der Waals surface area contributed by atoms with Crippen LogP contribution in [0.2, 0.25) is 10.0 Å². The Balaban J connectivity index is 1.60. The molecule has 0 unspecified atom stereocenters. The maximum absolute atomic E-state index is 11.5. The van der Waals surface area contributed by atoms with Gasteiger partial charge in [0, 0.05) is 29.7 Å². The van der Waals surface area contributed by atoms with E-state index in [1.165, 1.54) is 6.33 Å². The number of carboxylic acids is 1. The molecule has 9 heteroatoms. The zero-order chi connectivity index (χ0) is 24.5. The first kappa shape index (κ1) is 23.5. The molecular weight excluding hydrogens is 487 g/mol. The number of hydrogen-bond donors (Lipinski definition) is 2. The van der Waals surface area contributed by atoms with E-state index in [1.807, 2.05) is 28.8 Å². The molecule has 4 aromatic rings. The zero-order valence-corrected chi connectivity index (χ0v) is 20.4. The number of aliphatic carboxylic acids is 1. The minimum atomic E-state index is -0.840. The largest absolute Gasteiger partial charge is 0.481 e. The molecule has 1 saturated carbocycles. The molecule has 0 amide bonds. The van der Waals surface area contributed by atoms with Crippen LogP contribution in [0.5, 0.6) is 11.5 Å². The molecule has 7 nitrogen and oxygen atoms in total. The molecule has 1 fully saturated rings. The third-order valence-corrected chi connectivity index (χ3v) is 7.23. The van der Waals surface area contributed by atoms with E-state index in [1.54, 1.807) is 18.2 Å². The van der Waals surface area contributed by atoms with E-state index < -0.39 is 5.97 Å². The second-order valence-corrected chi connectivity index (χ2v) is 9.54. The Bertz CT molecular complexity index is 1400. The number of fused-ring (bicyclic) bond motifs is 1. The molecule has 5 rings (SSSR count). The average molecular weight is 511 g/mol. The van der Waals surface area contributed by atoms with Crippen LogP contribution in [0.1, 0.15) is 49.3 Å². The molecule has 2 aromatic heterocycles. The number of halogens is 2. The molecule has 0 spiro atoms. The highest BCUT2D eigenvalue weighted by Crippen LogP contribution is 2.44. The first-order valence-corrected chi connectivity index (χ1v) is 12.3. The van der Waals surface area contributed by atoms with E-state index in [0.29, 0.717) is 45.2 Å². The molecule has 0 radical (unpaired) electrons. The number of carbonyl (C=O) groups is 1. The van der Waals surface area contributed by atoms with Crippen molar-refractivity contribution in [2.45, 2.75) is 44.4 Å². The van der Waals surface area contributed by atoms with Gasteiger partial charge in [0.05, 0.1) is 10.0 Å². The first-order chi connectivity index (χ1) is 16.9. The third kappa shape index (κ3) is 4.66. The standard InChI is InChI=1S/C26H24Cl2N4O3/c27-20-11-9-18(13-21(20)28)35-17-7-5-15(6-8-17)23-19(10-12-22(33)34)24(16-3-1-2-4-16)32-25(23)26(29)30-14-31-32/h5-9,11,13-14,16H,1-4,10,12H2,(H,33,34)(H2,29,30,31). The highest BCUT2D eigenvalue weighted by molar-refractivity contribution is 6.42. The Morgan fingerprint density at radius 3 is 2.49 bits per heavy atom. The first-order valence-electron chi connectivity index (χ1n) is 11.5. The van der Waals surface area contributed by atoms with E-state index in [-0.39, 0.29) is 6.42 Å². The van der Waals surface area contributed by atoms with Crippen LogP contribution in [0.4, 0.5) is 5.82 Å². The van der Waals surface area contributed by atoms with Crippen LogP contribution >= 0.6 is 23.2 Å². The van der Waals surface area contributed by atoms with Crippen LogP contribution in [-0.2, 0) is 11.2 Å². The Kier molecular flexibility index (Phi) is 6.54. The van der Waals surface area contributed by atoms with Gasteiger partial charge in [0.1, 0.15) is 23.3 Å². The lowest BCUT2D eigenvalue weighted by atomic mass is 9.92. The second kappa shape index (κ2) is 9.76. The van der Waals surface area contributed by atoms with Gasteiger partial charge < -0.3 is 15.6 Å². The quantitative estimate of drug-likeness (QED) is 0.285. The number of hydrogen-bond acceptors (Lipinski definition) is 5. The minimum absolute atomic E-state index is 0.0233. The molecule has 0 aliphatic heterocycles. The number of nitrogens with two attached hydrogens (primary N) is 1. The second-order valence-electron chi connectivity index (χ2n) is 8.72. The van der Waals surface area contributed by atoms with Crippen molar-refractivity contribution in [2.24, 2.45) is 0 Å². The van der Waals surface area contributed by atoms with Crippen LogP contribution in [0.3, 0.4) is 0 Å². The number of nitrogens with zero attached hydrogens (tertiary/aromatic N) is 3. The fourth-order valence-corrected chi connectivity index (χ4v) is 5.25. The Labute approximate surface area is 212 Å². The lowest BCUT2D eigenvalue weighted by Gasteiger charge is -2.13. The van der Waals surface area contributed by atoms with Crippen molar-refractivity contribution in [3.63, 3.8) is 0 Å². The molecular formula is C26H24Cl2N4O3. The molecule has 1 aliphatic carbocycles. The van der Waals surface area contributed by atoms with Crippen LogP contribution in [0, 0.1) is 0 Å². The van der Waals surface area contributed by atoms with Crippen LogP contribution < -0.4 is 10.5 Å². The van der Waals surface area contributed by atoms with Gasteiger partial charge in [0.25, 0.3) is 0 Å². The van der Waals surface area contributed by atoms with Gasteiger partial charge in [-0.25, -0.2) is 9.50 Å². The third-order valence-electron chi connectivity index (χ3n) is 6.49. The normalized spacial score (nSPS) is 14.0. The zero-order valence-electron chi connectivity index (χ0n) is 18.9. The van der Waals surface area contributed by atoms with Gasteiger partial charge in [-0.05, 0) is 54.7 Å². The summed E-state index contributed by atoms with van der Waals surface area (Å²) in [6.45, 7) is 0. The van der Waals surface area contributed by atoms with E-state index in [4.69, 9.17) is 33.7 Å². The number of ether oxygens (including phenoxy) is 1. The summed E-state index contributed by atoms with van der Waals surface area (Å²) >= 11 is 12.1. The molecule has 35 heavy (non-hydrogen) atoms. The highest BCUT2D eigenvalue weighted by atomic mass is 35.5. The lowest BCUT2D eigenvalue weighted by molar-refractivity contribution is -0.136. The van der Waals surface area contributed by atoms with Gasteiger partial charge >= 0.3 is 5.97 Å². The maximum Gasteiger partial charge on any atom is 0.303 e. The molecule has 0 bridgehead atoms. The number of nitrogen functional groups attached to an aromatic ring is 1. The topological polar surface area (TPSA) is 103 Å². The van der Waals surface area contributed by atoms with Crippen LogP contribution in [0.25, 0.3) is 16.6 Å². The monoisotopic (exact) mass is 510 g/mol. The molecule has 0 atom stereocenters. The summed E-state index contributed by atoms with van der Waals surface area (Å²) in [7, 11) is 0. The molecule has 1 aliphatic rings. The van der Waals surface area contributed by atoms with Crippen molar-refractivity contribution in [1.29, 1.82) is 0 Å².